The van der Waals surface area contributed by atoms with Crippen molar-refractivity contribution in [2.75, 3.05) is 24.6 Å². The summed E-state index contributed by atoms with van der Waals surface area (Å²) in [5, 5.41) is 0.819. The van der Waals surface area contributed by atoms with Gasteiger partial charge in [-0.2, -0.15) is 0 Å². The van der Waals surface area contributed by atoms with E-state index in [9.17, 15) is 4.79 Å². The SMILES string of the molecule is CC(=O)NSc1ccc2c(c1)N(CC1CCC1)CC1(CCCc3cc(Cl)ccc31)CO2. The number of fused-ring (bicyclic) bond motifs is 3. The molecule has 2 aromatic rings. The maximum Gasteiger partial charge on any atom is 0.226 e. The van der Waals surface area contributed by atoms with Crippen LogP contribution in [0, 0.1) is 5.92 Å². The van der Waals surface area contributed by atoms with Crippen LogP contribution in [-0.2, 0) is 16.6 Å². The van der Waals surface area contributed by atoms with Crippen molar-refractivity contribution in [2.24, 2.45) is 5.92 Å². The number of hydrogen-bond acceptors (Lipinski definition) is 4. The van der Waals surface area contributed by atoms with Gasteiger partial charge in [-0.25, -0.2) is 0 Å². The lowest BCUT2D eigenvalue weighted by Gasteiger charge is -2.42. The monoisotopic (exact) mass is 456 g/mol. The molecule has 1 unspecified atom stereocenters. The first kappa shape index (κ1) is 21.0. The molecule has 5 rings (SSSR count). The van der Waals surface area contributed by atoms with Crippen LogP contribution in [0.5, 0.6) is 5.75 Å². The van der Waals surface area contributed by atoms with Gasteiger partial charge in [-0.1, -0.05) is 24.1 Å². The summed E-state index contributed by atoms with van der Waals surface area (Å²) in [7, 11) is 0. The third-order valence-corrected chi connectivity index (χ3v) is 8.14. The first-order chi connectivity index (χ1) is 15.0. The van der Waals surface area contributed by atoms with Gasteiger partial charge in [0.25, 0.3) is 0 Å². The lowest BCUT2D eigenvalue weighted by atomic mass is 9.70. The molecule has 4 nitrogen and oxygen atoms in total. The summed E-state index contributed by atoms with van der Waals surface area (Å²) in [4.78, 5) is 15.0. The third-order valence-electron chi connectivity index (χ3n) is 7.02. The van der Waals surface area contributed by atoms with Gasteiger partial charge in [0.2, 0.25) is 5.91 Å². The van der Waals surface area contributed by atoms with Crippen LogP contribution in [0.4, 0.5) is 5.69 Å². The maximum atomic E-state index is 11.4. The minimum Gasteiger partial charge on any atom is -0.490 e. The lowest BCUT2D eigenvalue weighted by Crippen LogP contribution is -2.47. The minimum atomic E-state index is -0.0426. The minimum absolute atomic E-state index is 0.0219. The summed E-state index contributed by atoms with van der Waals surface area (Å²) in [6.07, 6.45) is 7.34. The summed E-state index contributed by atoms with van der Waals surface area (Å²) in [6.45, 7) is 4.25. The number of halogens is 1. The van der Waals surface area contributed by atoms with Crippen molar-refractivity contribution in [1.82, 2.24) is 4.72 Å². The van der Waals surface area contributed by atoms with E-state index in [4.69, 9.17) is 16.3 Å². The van der Waals surface area contributed by atoms with Crippen molar-refractivity contribution < 1.29 is 9.53 Å². The Labute approximate surface area is 193 Å². The van der Waals surface area contributed by atoms with E-state index in [0.29, 0.717) is 6.61 Å². The molecule has 3 aliphatic rings. The predicted octanol–water partition coefficient (Wildman–Crippen LogP) is 5.76. The Bertz CT molecular complexity index is 993. The van der Waals surface area contributed by atoms with Crippen molar-refractivity contribution in [3.8, 4) is 5.75 Å². The third kappa shape index (κ3) is 4.27. The molecule has 1 spiro atoms. The smallest absolute Gasteiger partial charge is 0.226 e. The van der Waals surface area contributed by atoms with Crippen LogP contribution in [0.15, 0.2) is 41.3 Å². The standard InChI is InChI=1S/C25H29ClN2O2S/c1-17(29)27-31-21-8-10-24-23(13-21)28(14-18-4-2-5-18)15-25(16-30-24)11-3-6-19-12-20(26)7-9-22(19)25/h7-10,12-13,18H,2-6,11,14-16H2,1H3,(H,27,29). The van der Waals surface area contributed by atoms with E-state index < -0.39 is 0 Å². The number of rotatable bonds is 4. The van der Waals surface area contributed by atoms with E-state index >= 15 is 0 Å². The molecule has 1 saturated carbocycles. The van der Waals surface area contributed by atoms with E-state index in [0.717, 1.165) is 59.6 Å². The summed E-state index contributed by atoms with van der Waals surface area (Å²) in [6, 6.07) is 12.7. The molecule has 2 aliphatic carbocycles. The number of carbonyl (C=O) groups is 1. The average Bonchev–Trinajstić information content (AvgIpc) is 2.87. The first-order valence-electron chi connectivity index (χ1n) is 11.3. The molecule has 6 heteroatoms. The molecule has 0 aromatic heterocycles. The Hall–Kier alpha value is -1.85. The zero-order valence-electron chi connectivity index (χ0n) is 18.0. The molecule has 0 saturated heterocycles. The first-order valence-corrected chi connectivity index (χ1v) is 12.5. The number of carbonyl (C=O) groups excluding carboxylic acids is 1. The molecule has 1 heterocycles. The van der Waals surface area contributed by atoms with Gasteiger partial charge in [0.1, 0.15) is 5.75 Å². The normalized spacial score (nSPS) is 22.7. The summed E-state index contributed by atoms with van der Waals surface area (Å²) >= 11 is 7.70. The maximum absolute atomic E-state index is 11.4. The Morgan fingerprint density at radius 1 is 1.26 bits per heavy atom. The van der Waals surface area contributed by atoms with Crippen molar-refractivity contribution in [1.29, 1.82) is 0 Å². The Kier molecular flexibility index (Phi) is 5.82. The van der Waals surface area contributed by atoms with Crippen LogP contribution < -0.4 is 14.4 Å². The molecule has 164 valence electrons. The van der Waals surface area contributed by atoms with Gasteiger partial charge in [0.15, 0.2) is 0 Å². The molecule has 1 N–H and O–H groups in total. The van der Waals surface area contributed by atoms with E-state index in [1.165, 1.54) is 42.3 Å². The van der Waals surface area contributed by atoms with Crippen LogP contribution in [0.3, 0.4) is 0 Å². The van der Waals surface area contributed by atoms with Crippen molar-refractivity contribution >= 4 is 35.1 Å². The van der Waals surface area contributed by atoms with Gasteiger partial charge in [0, 0.05) is 35.3 Å². The predicted molar refractivity (Wildman–Crippen MR) is 127 cm³/mol. The number of nitrogens with one attached hydrogen (secondary N) is 1. The number of benzene rings is 2. The van der Waals surface area contributed by atoms with Crippen LogP contribution >= 0.6 is 23.5 Å². The van der Waals surface area contributed by atoms with E-state index in [1.807, 2.05) is 12.1 Å². The largest absolute Gasteiger partial charge is 0.490 e. The zero-order chi connectivity index (χ0) is 21.4. The Balaban J connectivity index is 1.51. The molecular formula is C25H29ClN2O2S. The van der Waals surface area contributed by atoms with E-state index in [1.54, 1.807) is 6.92 Å². The number of nitrogens with zero attached hydrogens (tertiary/aromatic N) is 1. The molecule has 1 amide bonds. The molecule has 1 aliphatic heterocycles. The number of ether oxygens (including phenoxy) is 1. The highest BCUT2D eigenvalue weighted by Gasteiger charge is 2.42. The van der Waals surface area contributed by atoms with Crippen LogP contribution in [0.25, 0.3) is 0 Å². The Morgan fingerprint density at radius 2 is 2.13 bits per heavy atom. The fourth-order valence-electron chi connectivity index (χ4n) is 5.28. The van der Waals surface area contributed by atoms with Gasteiger partial charge in [-0.3, -0.25) is 9.52 Å². The molecule has 0 radical (unpaired) electrons. The second-order valence-corrected chi connectivity index (χ2v) is 10.6. The fourth-order valence-corrected chi connectivity index (χ4v) is 6.04. The van der Waals surface area contributed by atoms with Gasteiger partial charge in [0.05, 0.1) is 12.3 Å². The highest BCUT2D eigenvalue weighted by atomic mass is 35.5. The summed E-state index contributed by atoms with van der Waals surface area (Å²) < 4.78 is 9.34. The highest BCUT2D eigenvalue weighted by molar-refractivity contribution is 7.98. The van der Waals surface area contributed by atoms with Gasteiger partial charge in [-0.05, 0) is 91.4 Å². The van der Waals surface area contributed by atoms with Crippen LogP contribution in [0.2, 0.25) is 5.02 Å². The summed E-state index contributed by atoms with van der Waals surface area (Å²) in [5.41, 5.74) is 3.91. The van der Waals surface area contributed by atoms with Gasteiger partial charge < -0.3 is 9.64 Å². The van der Waals surface area contributed by atoms with Crippen molar-refractivity contribution in [2.45, 2.75) is 55.8 Å². The molecule has 1 fully saturated rings. The molecule has 1 atom stereocenters. The number of hydrogen-bond donors (Lipinski definition) is 1. The highest BCUT2D eigenvalue weighted by Crippen LogP contribution is 2.45. The van der Waals surface area contributed by atoms with Gasteiger partial charge >= 0.3 is 0 Å². The summed E-state index contributed by atoms with van der Waals surface area (Å²) in [5.74, 6) is 1.66. The molecular weight excluding hydrogens is 428 g/mol. The number of amides is 1. The molecule has 31 heavy (non-hydrogen) atoms. The van der Waals surface area contributed by atoms with Crippen molar-refractivity contribution in [3.05, 3.63) is 52.5 Å². The van der Waals surface area contributed by atoms with Gasteiger partial charge in [-0.15, -0.1) is 0 Å². The van der Waals surface area contributed by atoms with Crippen LogP contribution in [-0.4, -0.2) is 25.6 Å². The van der Waals surface area contributed by atoms with Crippen LogP contribution in [0.1, 0.15) is 50.2 Å². The van der Waals surface area contributed by atoms with E-state index in [-0.39, 0.29) is 11.3 Å². The second-order valence-electron chi connectivity index (χ2n) is 9.29. The second kappa shape index (κ2) is 8.59. The Morgan fingerprint density at radius 3 is 2.90 bits per heavy atom. The number of aryl methyl sites for hydroxylation is 1. The van der Waals surface area contributed by atoms with Crippen molar-refractivity contribution in [3.63, 3.8) is 0 Å². The zero-order valence-corrected chi connectivity index (χ0v) is 19.5. The number of anilines is 1. The fraction of sp³-hybridized carbons (Fsp3) is 0.480. The van der Waals surface area contributed by atoms with E-state index in [2.05, 4.69) is 33.9 Å². The quantitative estimate of drug-likeness (QED) is 0.594. The topological polar surface area (TPSA) is 41.6 Å². The lowest BCUT2D eigenvalue weighted by molar-refractivity contribution is -0.117. The average molecular weight is 457 g/mol. The molecule has 0 bridgehead atoms. The molecule has 2 aromatic carbocycles.